The Balaban J connectivity index is 0.000000490. The Hall–Kier alpha value is -0.630. The lowest BCUT2D eigenvalue weighted by atomic mass is 10.3. The van der Waals surface area contributed by atoms with Crippen molar-refractivity contribution >= 4 is 13.5 Å². The number of hydrogen-bond acceptors (Lipinski definition) is 2. The van der Waals surface area contributed by atoms with Gasteiger partial charge < -0.3 is 18.6 Å². The van der Waals surface area contributed by atoms with Gasteiger partial charge in [-0.2, -0.15) is 0 Å². The Bertz CT molecular complexity index is 138. The molecule has 0 aliphatic heterocycles. The maximum absolute atomic E-state index is 8.63. The van der Waals surface area contributed by atoms with Crippen molar-refractivity contribution in [2.45, 2.75) is 0 Å². The average molecular weight is 127 g/mol. The minimum atomic E-state index is 0. The lowest BCUT2D eigenvalue weighted by molar-refractivity contribution is 0.475. The molecule has 44 valence electrons. The molecule has 0 aliphatic rings. The summed E-state index contributed by atoms with van der Waals surface area (Å²) < 4.78 is 0. The van der Waals surface area contributed by atoms with Crippen molar-refractivity contribution < 1.29 is 5.11 Å². The molecule has 1 N–H and O–H groups in total. The van der Waals surface area contributed by atoms with Gasteiger partial charge in [0.05, 0.1) is 0 Å². The van der Waals surface area contributed by atoms with Crippen LogP contribution >= 0.6 is 0 Å². The van der Waals surface area contributed by atoms with Gasteiger partial charge in [-0.3, -0.25) is 0 Å². The van der Waals surface area contributed by atoms with Crippen LogP contribution in [0.4, 0.5) is 0 Å². The number of para-hydroxylation sites is 1. The molecule has 8 heavy (non-hydrogen) atoms. The molecule has 0 spiro atoms. The summed E-state index contributed by atoms with van der Waals surface area (Å²) in [5.74, 6) is 0.322. The zero-order valence-corrected chi connectivity index (χ0v) is 5.18. The molecule has 2 heteroatoms. The fourth-order valence-corrected chi connectivity index (χ4v) is 0.428. The van der Waals surface area contributed by atoms with Crippen LogP contribution in [0.2, 0.25) is 0 Å². The van der Waals surface area contributed by atoms with E-state index in [0.717, 1.165) is 0 Å². The molecule has 0 saturated carbocycles. The van der Waals surface area contributed by atoms with Gasteiger partial charge in [-0.1, -0.05) is 18.2 Å². The van der Waals surface area contributed by atoms with Crippen molar-refractivity contribution in [1.82, 2.24) is 0 Å². The third-order valence-corrected chi connectivity index (χ3v) is 0.756. The Labute approximate surface area is 55.4 Å². The fraction of sp³-hybridized carbons (Fsp3) is 0. The molecule has 1 rings (SSSR count). The number of hydrogen-bond donors (Lipinski definition) is 1. The molecule has 1 aromatic rings. The molecule has 0 bridgehead atoms. The second-order valence-corrected chi connectivity index (χ2v) is 1.34. The SMILES string of the molecule is Oc1ccccc1.[SH-]. The highest BCUT2D eigenvalue weighted by Crippen LogP contribution is 2.02. The van der Waals surface area contributed by atoms with Crippen molar-refractivity contribution in [3.8, 4) is 5.75 Å². The summed E-state index contributed by atoms with van der Waals surface area (Å²) in [6.07, 6.45) is 0. The van der Waals surface area contributed by atoms with E-state index in [4.69, 9.17) is 5.11 Å². The number of phenolic OH excluding ortho intramolecular Hbond substituents is 1. The van der Waals surface area contributed by atoms with E-state index < -0.39 is 0 Å². The number of thiol groups is 1. The lowest BCUT2D eigenvalue weighted by Gasteiger charge is -1.82. The monoisotopic (exact) mass is 127 g/mol. The first-order chi connectivity index (χ1) is 3.39. The van der Waals surface area contributed by atoms with Crippen molar-refractivity contribution in [2.24, 2.45) is 0 Å². The first kappa shape index (κ1) is 7.37. The van der Waals surface area contributed by atoms with E-state index in [1.165, 1.54) is 0 Å². The normalized spacial score (nSPS) is 7.50. The van der Waals surface area contributed by atoms with Crippen LogP contribution in [-0.2, 0) is 13.5 Å². The summed E-state index contributed by atoms with van der Waals surface area (Å²) in [5, 5.41) is 8.63. The van der Waals surface area contributed by atoms with Gasteiger partial charge in [-0.15, -0.1) is 0 Å². The minimum absolute atomic E-state index is 0. The first-order valence-corrected chi connectivity index (χ1v) is 2.13. The van der Waals surface area contributed by atoms with Gasteiger partial charge in [-0.05, 0) is 12.1 Å². The van der Waals surface area contributed by atoms with E-state index in [1.54, 1.807) is 24.3 Å². The molecule has 1 nitrogen and oxygen atoms in total. The van der Waals surface area contributed by atoms with Crippen molar-refractivity contribution in [3.05, 3.63) is 30.3 Å². The second-order valence-electron chi connectivity index (χ2n) is 1.34. The lowest BCUT2D eigenvalue weighted by Crippen LogP contribution is -1.56. The van der Waals surface area contributed by atoms with Gasteiger partial charge in [0.1, 0.15) is 5.75 Å². The van der Waals surface area contributed by atoms with Crippen LogP contribution in [0.25, 0.3) is 0 Å². The Morgan fingerprint density at radius 1 is 1.00 bits per heavy atom. The van der Waals surface area contributed by atoms with Crippen LogP contribution in [0.3, 0.4) is 0 Å². The van der Waals surface area contributed by atoms with E-state index in [-0.39, 0.29) is 13.5 Å². The molecule has 0 unspecified atom stereocenters. The van der Waals surface area contributed by atoms with Crippen LogP contribution < -0.4 is 0 Å². The molecule has 0 aliphatic carbocycles. The third kappa shape index (κ3) is 1.89. The van der Waals surface area contributed by atoms with Gasteiger partial charge in [0.15, 0.2) is 0 Å². The molecule has 0 radical (unpaired) electrons. The topological polar surface area (TPSA) is 20.2 Å². The number of phenols is 1. The zero-order valence-electron chi connectivity index (χ0n) is 4.28. The van der Waals surface area contributed by atoms with Gasteiger partial charge in [0.2, 0.25) is 0 Å². The summed E-state index contributed by atoms with van der Waals surface area (Å²) in [4.78, 5) is 0. The molecular formula is C6H7OS-. The Morgan fingerprint density at radius 2 is 1.50 bits per heavy atom. The smallest absolute Gasteiger partial charge is 0.115 e. The molecule has 0 fully saturated rings. The van der Waals surface area contributed by atoms with Crippen LogP contribution in [0.15, 0.2) is 30.3 Å². The maximum atomic E-state index is 8.63. The highest BCUT2D eigenvalue weighted by molar-refractivity contribution is 7.37. The molecular weight excluding hydrogens is 120 g/mol. The highest BCUT2D eigenvalue weighted by atomic mass is 32.1. The largest absolute Gasteiger partial charge is 0.813 e. The summed E-state index contributed by atoms with van der Waals surface area (Å²) in [6.45, 7) is 0. The van der Waals surface area contributed by atoms with Gasteiger partial charge >= 0.3 is 0 Å². The molecule has 0 amide bonds. The van der Waals surface area contributed by atoms with Crippen molar-refractivity contribution in [1.29, 1.82) is 0 Å². The van der Waals surface area contributed by atoms with Crippen molar-refractivity contribution in [3.63, 3.8) is 0 Å². The predicted octanol–water partition coefficient (Wildman–Crippen LogP) is 1.12. The van der Waals surface area contributed by atoms with Crippen LogP contribution in [-0.4, -0.2) is 5.11 Å². The van der Waals surface area contributed by atoms with E-state index in [2.05, 4.69) is 0 Å². The Morgan fingerprint density at radius 3 is 1.75 bits per heavy atom. The first-order valence-electron chi connectivity index (χ1n) is 2.13. The average Bonchev–Trinajstić information content (AvgIpc) is 1.69. The second kappa shape index (κ2) is 3.38. The standard InChI is InChI=1S/C6H6O.H2S/c7-6-4-2-1-3-5-6;/h1-5,7H;1H2/p-1. The highest BCUT2D eigenvalue weighted by Gasteiger charge is 1.74. The van der Waals surface area contributed by atoms with Crippen LogP contribution in [0.1, 0.15) is 0 Å². The van der Waals surface area contributed by atoms with Gasteiger partial charge in [-0.25, -0.2) is 0 Å². The third-order valence-electron chi connectivity index (χ3n) is 0.756. The molecule has 0 atom stereocenters. The number of aromatic hydroxyl groups is 1. The predicted molar refractivity (Wildman–Crippen MR) is 36.9 cm³/mol. The van der Waals surface area contributed by atoms with Gasteiger partial charge in [0.25, 0.3) is 0 Å². The van der Waals surface area contributed by atoms with Crippen molar-refractivity contribution in [2.75, 3.05) is 0 Å². The van der Waals surface area contributed by atoms with E-state index in [9.17, 15) is 0 Å². The molecule has 1 aromatic carbocycles. The van der Waals surface area contributed by atoms with E-state index in [0.29, 0.717) is 5.75 Å². The van der Waals surface area contributed by atoms with Crippen LogP contribution in [0, 0.1) is 0 Å². The maximum Gasteiger partial charge on any atom is 0.115 e. The van der Waals surface area contributed by atoms with E-state index >= 15 is 0 Å². The van der Waals surface area contributed by atoms with Gasteiger partial charge in [0, 0.05) is 0 Å². The quantitative estimate of drug-likeness (QED) is 0.416. The Kier molecular flexibility index (Phi) is 3.12. The summed E-state index contributed by atoms with van der Waals surface area (Å²) >= 11 is 0. The summed E-state index contributed by atoms with van der Waals surface area (Å²) in [5.41, 5.74) is 0. The molecule has 0 saturated heterocycles. The zero-order chi connectivity index (χ0) is 5.11. The van der Waals surface area contributed by atoms with E-state index in [1.807, 2.05) is 6.07 Å². The molecule has 0 aromatic heterocycles. The number of benzene rings is 1. The summed E-state index contributed by atoms with van der Waals surface area (Å²) in [7, 11) is 0. The molecule has 0 heterocycles. The minimum Gasteiger partial charge on any atom is -0.813 e. The summed E-state index contributed by atoms with van der Waals surface area (Å²) in [6, 6.07) is 8.71. The fourth-order valence-electron chi connectivity index (χ4n) is 0.428. The number of rotatable bonds is 0. The van der Waals surface area contributed by atoms with Crippen LogP contribution in [0.5, 0.6) is 5.75 Å².